The van der Waals surface area contributed by atoms with Crippen molar-refractivity contribution >= 4 is 11.6 Å². The van der Waals surface area contributed by atoms with E-state index in [9.17, 15) is 0 Å². The minimum atomic E-state index is 0.0530. The molecular weight excluding hydrogens is 184 g/mol. The summed E-state index contributed by atoms with van der Waals surface area (Å²) in [5.74, 6) is 0. The van der Waals surface area contributed by atoms with Crippen LogP contribution in [0, 0.1) is 0 Å². The molecule has 0 aliphatic carbocycles. The topological polar surface area (TPSA) is 38.0 Å². The average Bonchev–Trinajstić information content (AvgIpc) is 2.15. The van der Waals surface area contributed by atoms with Crippen LogP contribution in [0.25, 0.3) is 0 Å². The fourth-order valence-electron chi connectivity index (χ4n) is 1.13. The molecule has 3 heteroatoms. The first-order chi connectivity index (χ1) is 6.24. The molecule has 1 aromatic carbocycles. The SMILES string of the molecule is CCNCC(N)c1ccc(Cl)cc1. The van der Waals surface area contributed by atoms with Crippen molar-refractivity contribution in [3.8, 4) is 0 Å². The standard InChI is InChI=1S/C10H15ClN2/c1-2-13-7-10(12)8-3-5-9(11)6-4-8/h3-6,10,13H,2,7,12H2,1H3. The van der Waals surface area contributed by atoms with Gasteiger partial charge in [-0.2, -0.15) is 0 Å². The van der Waals surface area contributed by atoms with Crippen LogP contribution in [0.2, 0.25) is 5.02 Å². The first-order valence-corrected chi connectivity index (χ1v) is 4.83. The maximum atomic E-state index is 5.93. The van der Waals surface area contributed by atoms with E-state index < -0.39 is 0 Å². The molecule has 0 fully saturated rings. The van der Waals surface area contributed by atoms with Gasteiger partial charge in [-0.3, -0.25) is 0 Å². The zero-order valence-electron chi connectivity index (χ0n) is 7.76. The Balaban J connectivity index is 2.55. The van der Waals surface area contributed by atoms with Crippen molar-refractivity contribution in [3.63, 3.8) is 0 Å². The molecule has 0 saturated carbocycles. The number of hydrogen-bond donors (Lipinski definition) is 2. The van der Waals surface area contributed by atoms with Crippen LogP contribution in [-0.4, -0.2) is 13.1 Å². The molecule has 0 radical (unpaired) electrons. The molecule has 0 aromatic heterocycles. The molecule has 0 aliphatic heterocycles. The summed E-state index contributed by atoms with van der Waals surface area (Å²) >= 11 is 5.76. The molecule has 1 aromatic rings. The van der Waals surface area contributed by atoms with E-state index in [1.165, 1.54) is 0 Å². The average molecular weight is 199 g/mol. The monoisotopic (exact) mass is 198 g/mol. The quantitative estimate of drug-likeness (QED) is 0.776. The highest BCUT2D eigenvalue weighted by molar-refractivity contribution is 6.30. The van der Waals surface area contributed by atoms with Crippen LogP contribution in [0.15, 0.2) is 24.3 Å². The van der Waals surface area contributed by atoms with Gasteiger partial charge in [0, 0.05) is 17.6 Å². The van der Waals surface area contributed by atoms with Crippen molar-refractivity contribution in [3.05, 3.63) is 34.9 Å². The second kappa shape index (κ2) is 5.22. The van der Waals surface area contributed by atoms with Crippen LogP contribution in [0.1, 0.15) is 18.5 Å². The van der Waals surface area contributed by atoms with E-state index in [1.807, 2.05) is 24.3 Å². The minimum absolute atomic E-state index is 0.0530. The van der Waals surface area contributed by atoms with E-state index in [2.05, 4.69) is 12.2 Å². The highest BCUT2D eigenvalue weighted by atomic mass is 35.5. The van der Waals surface area contributed by atoms with E-state index >= 15 is 0 Å². The normalized spacial score (nSPS) is 12.8. The summed E-state index contributed by atoms with van der Waals surface area (Å²) in [5.41, 5.74) is 7.04. The van der Waals surface area contributed by atoms with Crippen LogP contribution < -0.4 is 11.1 Å². The highest BCUT2D eigenvalue weighted by Crippen LogP contribution is 2.13. The van der Waals surface area contributed by atoms with Crippen LogP contribution in [0.4, 0.5) is 0 Å². The third-order valence-corrected chi connectivity index (χ3v) is 2.16. The number of benzene rings is 1. The zero-order valence-corrected chi connectivity index (χ0v) is 8.51. The summed E-state index contributed by atoms with van der Waals surface area (Å²) in [6, 6.07) is 7.71. The lowest BCUT2D eigenvalue weighted by Crippen LogP contribution is -2.26. The molecule has 0 spiro atoms. The third-order valence-electron chi connectivity index (χ3n) is 1.91. The van der Waals surface area contributed by atoms with Crippen LogP contribution in [0.5, 0.6) is 0 Å². The van der Waals surface area contributed by atoms with Gasteiger partial charge in [-0.25, -0.2) is 0 Å². The number of nitrogens with two attached hydrogens (primary N) is 1. The Morgan fingerprint density at radius 1 is 1.38 bits per heavy atom. The van der Waals surface area contributed by atoms with Gasteiger partial charge >= 0.3 is 0 Å². The maximum Gasteiger partial charge on any atom is 0.0421 e. The summed E-state index contributed by atoms with van der Waals surface area (Å²) in [7, 11) is 0. The Hall–Kier alpha value is -0.570. The molecule has 0 saturated heterocycles. The Morgan fingerprint density at radius 2 is 2.00 bits per heavy atom. The van der Waals surface area contributed by atoms with Crippen molar-refractivity contribution in [2.75, 3.05) is 13.1 Å². The van der Waals surface area contributed by atoms with Crippen LogP contribution in [0.3, 0.4) is 0 Å². The lowest BCUT2D eigenvalue weighted by atomic mass is 10.1. The van der Waals surface area contributed by atoms with Gasteiger partial charge in [0.15, 0.2) is 0 Å². The summed E-state index contributed by atoms with van der Waals surface area (Å²) in [6.45, 7) is 3.81. The Kier molecular flexibility index (Phi) is 4.22. The largest absolute Gasteiger partial charge is 0.323 e. The van der Waals surface area contributed by atoms with Gasteiger partial charge in [0.05, 0.1) is 0 Å². The van der Waals surface area contributed by atoms with Crippen molar-refractivity contribution in [1.82, 2.24) is 5.32 Å². The fraction of sp³-hybridized carbons (Fsp3) is 0.400. The van der Waals surface area contributed by atoms with Gasteiger partial charge in [0.1, 0.15) is 0 Å². The van der Waals surface area contributed by atoms with E-state index in [4.69, 9.17) is 17.3 Å². The lowest BCUT2D eigenvalue weighted by Gasteiger charge is -2.11. The van der Waals surface area contributed by atoms with Gasteiger partial charge in [0.2, 0.25) is 0 Å². The summed E-state index contributed by atoms with van der Waals surface area (Å²) in [5, 5.41) is 3.95. The Morgan fingerprint density at radius 3 is 2.54 bits per heavy atom. The first-order valence-electron chi connectivity index (χ1n) is 4.45. The van der Waals surface area contributed by atoms with E-state index in [0.717, 1.165) is 23.7 Å². The van der Waals surface area contributed by atoms with E-state index in [0.29, 0.717) is 0 Å². The molecule has 13 heavy (non-hydrogen) atoms. The molecule has 0 heterocycles. The predicted molar refractivity (Wildman–Crippen MR) is 56.9 cm³/mol. The minimum Gasteiger partial charge on any atom is -0.323 e. The molecule has 0 amide bonds. The third kappa shape index (κ3) is 3.35. The number of rotatable bonds is 4. The zero-order chi connectivity index (χ0) is 9.68. The second-order valence-corrected chi connectivity index (χ2v) is 3.40. The summed E-state index contributed by atoms with van der Waals surface area (Å²) < 4.78 is 0. The van der Waals surface area contributed by atoms with Crippen LogP contribution in [-0.2, 0) is 0 Å². The maximum absolute atomic E-state index is 5.93. The number of nitrogens with one attached hydrogen (secondary N) is 1. The summed E-state index contributed by atoms with van der Waals surface area (Å²) in [6.07, 6.45) is 0. The number of hydrogen-bond acceptors (Lipinski definition) is 2. The molecule has 1 atom stereocenters. The van der Waals surface area contributed by atoms with Gasteiger partial charge in [-0.1, -0.05) is 30.7 Å². The molecule has 2 nitrogen and oxygen atoms in total. The van der Waals surface area contributed by atoms with Crippen LogP contribution >= 0.6 is 11.6 Å². The van der Waals surface area contributed by atoms with Crippen molar-refractivity contribution < 1.29 is 0 Å². The molecule has 1 rings (SSSR count). The van der Waals surface area contributed by atoms with Crippen molar-refractivity contribution in [2.24, 2.45) is 5.73 Å². The number of likely N-dealkylation sites (N-methyl/N-ethyl adjacent to an activating group) is 1. The predicted octanol–water partition coefficient (Wildman–Crippen LogP) is 1.95. The van der Waals surface area contributed by atoms with E-state index in [1.54, 1.807) is 0 Å². The first kappa shape index (κ1) is 10.5. The Bertz CT molecular complexity index is 246. The highest BCUT2D eigenvalue weighted by Gasteiger charge is 2.03. The molecule has 72 valence electrons. The van der Waals surface area contributed by atoms with Crippen molar-refractivity contribution in [2.45, 2.75) is 13.0 Å². The lowest BCUT2D eigenvalue weighted by molar-refractivity contribution is 0.616. The molecule has 3 N–H and O–H groups in total. The van der Waals surface area contributed by atoms with Gasteiger partial charge in [0.25, 0.3) is 0 Å². The molecule has 1 unspecified atom stereocenters. The van der Waals surface area contributed by atoms with Gasteiger partial charge in [-0.05, 0) is 24.2 Å². The van der Waals surface area contributed by atoms with Crippen molar-refractivity contribution in [1.29, 1.82) is 0 Å². The second-order valence-electron chi connectivity index (χ2n) is 2.97. The van der Waals surface area contributed by atoms with Gasteiger partial charge in [-0.15, -0.1) is 0 Å². The number of halogens is 1. The molecular formula is C10H15ClN2. The fourth-order valence-corrected chi connectivity index (χ4v) is 1.25. The molecule has 0 aliphatic rings. The summed E-state index contributed by atoms with van der Waals surface area (Å²) in [4.78, 5) is 0. The Labute approximate surface area is 84.1 Å². The van der Waals surface area contributed by atoms with E-state index in [-0.39, 0.29) is 6.04 Å². The smallest absolute Gasteiger partial charge is 0.0421 e. The molecule has 0 bridgehead atoms. The van der Waals surface area contributed by atoms with Gasteiger partial charge < -0.3 is 11.1 Å².